The third-order valence-electron chi connectivity index (χ3n) is 3.69. The maximum absolute atomic E-state index is 12.2. The van der Waals surface area contributed by atoms with Crippen LogP contribution in [0.3, 0.4) is 0 Å². The number of imide groups is 2. The first-order valence-electron chi connectivity index (χ1n) is 6.00. The number of carbonyl (C=O) groups excluding carboxylic acids is 4. The Morgan fingerprint density at radius 3 is 1.57 bits per heavy atom. The molecule has 2 aliphatic rings. The molecule has 4 rings (SSSR count). The quantitative estimate of drug-likeness (QED) is 0.420. The monoisotopic (exact) mass is 392 g/mol. The molecule has 0 fully saturated rings. The summed E-state index contributed by atoms with van der Waals surface area (Å²) in [6.07, 6.45) is 0. The fraction of sp³-hybridized carbons (Fsp3) is 0. The van der Waals surface area contributed by atoms with Gasteiger partial charge in [-0.2, -0.15) is 0 Å². The average Bonchev–Trinajstić information content (AvgIpc) is 2.48. The van der Waals surface area contributed by atoms with Gasteiger partial charge in [-0.15, -0.1) is 0 Å². The zero-order chi connectivity index (χ0) is 14.9. The van der Waals surface area contributed by atoms with Gasteiger partial charge in [-0.3, -0.25) is 24.5 Å². The second-order valence-corrected chi connectivity index (χ2v) is 5.71. The predicted molar refractivity (Wildman–Crippen MR) is 80.3 cm³/mol. The zero-order valence-electron chi connectivity index (χ0n) is 10.3. The van der Waals surface area contributed by atoms with E-state index in [2.05, 4.69) is 5.32 Å². The Morgan fingerprint density at radius 1 is 0.714 bits per heavy atom. The van der Waals surface area contributed by atoms with Gasteiger partial charge in [0.05, 0.1) is 22.9 Å². The normalized spacial score (nSPS) is 16.5. The molecular weight excluding hydrogens is 387 g/mol. The maximum atomic E-state index is 12.2. The van der Waals surface area contributed by atoms with Crippen molar-refractivity contribution in [1.29, 1.82) is 0 Å². The zero-order valence-corrected chi connectivity index (χ0v) is 12.4. The molecule has 102 valence electrons. The molecule has 0 atom stereocenters. The first-order valence-corrected chi connectivity index (χ1v) is 6.97. The van der Waals surface area contributed by atoms with Crippen molar-refractivity contribution >= 4 is 57.3 Å². The van der Waals surface area contributed by atoms with Gasteiger partial charge in [0.1, 0.15) is 0 Å². The molecule has 2 aromatic carbocycles. The molecule has 21 heavy (non-hydrogen) atoms. The minimum absolute atomic E-state index is 0.299. The summed E-state index contributed by atoms with van der Waals surface area (Å²) in [6.45, 7) is 0. The molecule has 1 N–H and O–H groups in total. The van der Waals surface area contributed by atoms with Gasteiger partial charge in [0, 0.05) is 33.0 Å². The van der Waals surface area contributed by atoms with Crippen LogP contribution in [0.1, 0.15) is 41.4 Å². The molecule has 0 aromatic heterocycles. The van der Waals surface area contributed by atoms with Crippen molar-refractivity contribution in [3.05, 3.63) is 46.5 Å². The Balaban J connectivity index is 2.26. The number of benzene rings is 2. The van der Waals surface area contributed by atoms with Gasteiger partial charge < -0.3 is 0 Å². The molecule has 0 spiro atoms. The van der Waals surface area contributed by atoms with E-state index >= 15 is 0 Å². The molecule has 0 saturated heterocycles. The van der Waals surface area contributed by atoms with Crippen molar-refractivity contribution in [3.8, 4) is 0 Å². The summed E-state index contributed by atoms with van der Waals surface area (Å²) in [7, 11) is 0. The highest BCUT2D eigenvalue weighted by Gasteiger charge is 2.36. The third kappa shape index (κ3) is 1.41. The van der Waals surface area contributed by atoms with Crippen molar-refractivity contribution < 1.29 is 19.2 Å². The van der Waals surface area contributed by atoms with E-state index in [0.29, 0.717) is 33.0 Å². The highest BCUT2D eigenvalue weighted by Crippen LogP contribution is 2.36. The minimum Gasteiger partial charge on any atom is -0.288 e. The van der Waals surface area contributed by atoms with Gasteiger partial charge in [0.2, 0.25) is 0 Å². The van der Waals surface area contributed by atoms with Crippen LogP contribution < -0.4 is 5.32 Å². The van der Waals surface area contributed by atoms with E-state index in [0.717, 1.165) is 3.11 Å². The molecule has 7 heteroatoms. The SMILES string of the molecule is O=C1NC(=O)c2ccc3c4c(ccc1c24)C(=O)N(I)C3=O. The van der Waals surface area contributed by atoms with Crippen molar-refractivity contribution in [2.24, 2.45) is 0 Å². The Bertz CT molecular complexity index is 850. The van der Waals surface area contributed by atoms with Crippen LogP contribution in [0.25, 0.3) is 10.8 Å². The summed E-state index contributed by atoms with van der Waals surface area (Å²) in [5.74, 6) is -1.94. The van der Waals surface area contributed by atoms with Crippen molar-refractivity contribution in [2.75, 3.05) is 0 Å². The van der Waals surface area contributed by atoms with Crippen LogP contribution in [-0.4, -0.2) is 26.7 Å². The van der Waals surface area contributed by atoms with Crippen LogP contribution in [0, 0.1) is 0 Å². The Morgan fingerprint density at radius 2 is 1.10 bits per heavy atom. The summed E-state index contributed by atoms with van der Waals surface area (Å²) in [5.41, 5.74) is 1.24. The number of carbonyl (C=O) groups is 4. The molecule has 2 heterocycles. The highest BCUT2D eigenvalue weighted by molar-refractivity contribution is 14.1. The Kier molecular flexibility index (Phi) is 2.30. The van der Waals surface area contributed by atoms with Crippen molar-refractivity contribution in [3.63, 3.8) is 0 Å². The molecule has 0 saturated carbocycles. The molecule has 0 aliphatic carbocycles. The lowest BCUT2D eigenvalue weighted by Crippen LogP contribution is -2.37. The van der Waals surface area contributed by atoms with Crippen LogP contribution in [0.2, 0.25) is 0 Å². The fourth-order valence-electron chi connectivity index (χ4n) is 2.77. The largest absolute Gasteiger partial charge is 0.288 e. The lowest BCUT2D eigenvalue weighted by Gasteiger charge is -2.25. The van der Waals surface area contributed by atoms with Crippen LogP contribution in [0.4, 0.5) is 0 Å². The molecule has 2 aliphatic heterocycles. The number of amides is 4. The number of rotatable bonds is 0. The van der Waals surface area contributed by atoms with E-state index in [9.17, 15) is 19.2 Å². The van der Waals surface area contributed by atoms with Gasteiger partial charge in [-0.1, -0.05) is 0 Å². The lowest BCUT2D eigenvalue weighted by atomic mass is 9.87. The second-order valence-electron chi connectivity index (χ2n) is 4.75. The first kappa shape index (κ1) is 12.5. The van der Waals surface area contributed by atoms with Crippen LogP contribution in [0.15, 0.2) is 24.3 Å². The summed E-state index contributed by atoms with van der Waals surface area (Å²) in [5, 5.41) is 3.01. The Labute approximate surface area is 131 Å². The van der Waals surface area contributed by atoms with E-state index in [1.165, 1.54) is 24.3 Å². The number of hydrogen-bond acceptors (Lipinski definition) is 4. The molecule has 0 radical (unpaired) electrons. The minimum atomic E-state index is -0.520. The Hall–Kier alpha value is -2.29. The van der Waals surface area contributed by atoms with Gasteiger partial charge in [-0.05, 0) is 24.3 Å². The number of hydrogen-bond donors (Lipinski definition) is 1. The van der Waals surface area contributed by atoms with Gasteiger partial charge >= 0.3 is 0 Å². The van der Waals surface area contributed by atoms with E-state index in [1.807, 2.05) is 0 Å². The van der Waals surface area contributed by atoms with Crippen LogP contribution in [-0.2, 0) is 0 Å². The third-order valence-corrected chi connectivity index (χ3v) is 4.57. The summed E-state index contributed by atoms with van der Waals surface area (Å²) in [6, 6.07) is 6.04. The van der Waals surface area contributed by atoms with Gasteiger partial charge in [0.25, 0.3) is 23.6 Å². The van der Waals surface area contributed by atoms with E-state index in [1.54, 1.807) is 22.9 Å². The maximum Gasteiger partial charge on any atom is 0.270 e. The van der Waals surface area contributed by atoms with Crippen LogP contribution in [0.5, 0.6) is 0 Å². The summed E-state index contributed by atoms with van der Waals surface area (Å²) in [4.78, 5) is 48.3. The van der Waals surface area contributed by atoms with E-state index < -0.39 is 23.6 Å². The summed E-state index contributed by atoms with van der Waals surface area (Å²) >= 11 is 1.65. The summed E-state index contributed by atoms with van der Waals surface area (Å²) < 4.78 is 1.00. The highest BCUT2D eigenvalue weighted by atomic mass is 127. The van der Waals surface area contributed by atoms with Gasteiger partial charge in [-0.25, -0.2) is 3.11 Å². The second kappa shape index (κ2) is 3.88. The molecule has 2 aromatic rings. The number of halogens is 1. The molecule has 0 unspecified atom stereocenters. The number of nitrogens with one attached hydrogen (secondary N) is 1. The van der Waals surface area contributed by atoms with Gasteiger partial charge in [0.15, 0.2) is 0 Å². The fourth-order valence-corrected chi connectivity index (χ4v) is 3.29. The van der Waals surface area contributed by atoms with Crippen LogP contribution >= 0.6 is 22.9 Å². The van der Waals surface area contributed by atoms with Crippen molar-refractivity contribution in [2.45, 2.75) is 0 Å². The standard InChI is InChI=1S/C14H5IN2O4/c15-17-13(20)7-3-1-5-9-6(12(19)16-11(5)18)2-4-8(10(7)9)14(17)21/h1-4H,(H,16,18,19). The topological polar surface area (TPSA) is 83.6 Å². The lowest BCUT2D eigenvalue weighted by molar-refractivity contribution is 0.0753. The first-order chi connectivity index (χ1) is 10.0. The van der Waals surface area contributed by atoms with E-state index in [-0.39, 0.29) is 0 Å². The number of nitrogens with zero attached hydrogens (tertiary/aromatic N) is 1. The van der Waals surface area contributed by atoms with Crippen molar-refractivity contribution in [1.82, 2.24) is 8.43 Å². The molecular formula is C14H5IN2O4. The molecule has 4 amide bonds. The molecule has 0 bridgehead atoms. The molecule has 6 nitrogen and oxygen atoms in total. The average molecular weight is 392 g/mol. The predicted octanol–water partition coefficient (Wildman–Crippen LogP) is 1.67. The van der Waals surface area contributed by atoms with E-state index in [4.69, 9.17) is 0 Å². The smallest absolute Gasteiger partial charge is 0.270 e.